The number of pyridine rings is 1. The molecule has 0 atom stereocenters. The van der Waals surface area contributed by atoms with Crippen molar-refractivity contribution in [3.05, 3.63) is 63.4 Å². The quantitative estimate of drug-likeness (QED) is 0.678. The van der Waals surface area contributed by atoms with Crippen LogP contribution in [0.25, 0.3) is 5.52 Å². The fourth-order valence-electron chi connectivity index (χ4n) is 3.44. The van der Waals surface area contributed by atoms with Crippen LogP contribution in [0.4, 0.5) is 0 Å². The van der Waals surface area contributed by atoms with E-state index in [-0.39, 0.29) is 18.6 Å². The SMILES string of the molecule is NC(=O)c1c(C2CC(Oc3cccc(Cl)c3Cl)C2)nn2c(CO)cccc12. The van der Waals surface area contributed by atoms with E-state index in [9.17, 15) is 9.90 Å². The van der Waals surface area contributed by atoms with Crippen LogP contribution in [0.3, 0.4) is 0 Å². The molecule has 2 heterocycles. The average Bonchev–Trinajstić information content (AvgIpc) is 3.00. The van der Waals surface area contributed by atoms with Gasteiger partial charge in [-0.2, -0.15) is 5.10 Å². The van der Waals surface area contributed by atoms with Crippen molar-refractivity contribution in [3.63, 3.8) is 0 Å². The topological polar surface area (TPSA) is 89.9 Å². The van der Waals surface area contributed by atoms with E-state index in [1.54, 1.807) is 40.9 Å². The number of aromatic nitrogens is 2. The molecule has 1 aromatic carbocycles. The number of fused-ring (bicyclic) bond motifs is 1. The highest BCUT2D eigenvalue weighted by Crippen LogP contribution is 2.42. The van der Waals surface area contributed by atoms with E-state index < -0.39 is 5.91 Å². The fourth-order valence-corrected chi connectivity index (χ4v) is 3.78. The van der Waals surface area contributed by atoms with Gasteiger partial charge in [0.25, 0.3) is 5.91 Å². The maximum Gasteiger partial charge on any atom is 0.252 e. The summed E-state index contributed by atoms with van der Waals surface area (Å²) in [6.45, 7) is -0.180. The van der Waals surface area contributed by atoms with Crippen LogP contribution in [0.1, 0.15) is 40.5 Å². The summed E-state index contributed by atoms with van der Waals surface area (Å²) in [5.41, 5.74) is 7.85. The second-order valence-corrected chi connectivity index (χ2v) is 7.34. The van der Waals surface area contributed by atoms with Crippen molar-refractivity contribution in [2.24, 2.45) is 5.73 Å². The zero-order chi connectivity index (χ0) is 19.1. The number of amides is 1. The molecule has 1 saturated carbocycles. The van der Waals surface area contributed by atoms with Gasteiger partial charge in [0.05, 0.1) is 34.1 Å². The molecule has 6 nitrogen and oxygen atoms in total. The minimum atomic E-state index is -0.530. The van der Waals surface area contributed by atoms with Crippen LogP contribution in [0, 0.1) is 0 Å². The monoisotopic (exact) mass is 405 g/mol. The molecule has 4 rings (SSSR count). The van der Waals surface area contributed by atoms with Crippen LogP contribution in [0.15, 0.2) is 36.4 Å². The second-order valence-electron chi connectivity index (χ2n) is 6.56. The molecule has 1 amide bonds. The molecule has 140 valence electrons. The Hall–Kier alpha value is -2.28. The van der Waals surface area contributed by atoms with Gasteiger partial charge in [-0.25, -0.2) is 4.52 Å². The smallest absolute Gasteiger partial charge is 0.252 e. The number of halogens is 2. The number of hydrogen-bond donors (Lipinski definition) is 2. The van der Waals surface area contributed by atoms with Crippen molar-refractivity contribution >= 4 is 34.6 Å². The van der Waals surface area contributed by atoms with Gasteiger partial charge in [0.1, 0.15) is 16.9 Å². The van der Waals surface area contributed by atoms with Crippen molar-refractivity contribution in [1.82, 2.24) is 9.61 Å². The van der Waals surface area contributed by atoms with Crippen molar-refractivity contribution in [1.29, 1.82) is 0 Å². The van der Waals surface area contributed by atoms with Gasteiger partial charge in [0, 0.05) is 5.92 Å². The number of hydrogen-bond acceptors (Lipinski definition) is 4. The van der Waals surface area contributed by atoms with Crippen molar-refractivity contribution in [2.45, 2.75) is 31.5 Å². The molecule has 0 saturated heterocycles. The number of nitrogens with zero attached hydrogens (tertiary/aromatic N) is 2. The van der Waals surface area contributed by atoms with Gasteiger partial charge in [-0.15, -0.1) is 0 Å². The minimum absolute atomic E-state index is 0.0434. The van der Waals surface area contributed by atoms with E-state index in [0.29, 0.717) is 51.1 Å². The maximum atomic E-state index is 12.0. The number of rotatable bonds is 5. The lowest BCUT2D eigenvalue weighted by Gasteiger charge is -2.35. The van der Waals surface area contributed by atoms with Gasteiger partial charge in [-0.1, -0.05) is 35.3 Å². The molecule has 2 aromatic heterocycles. The van der Waals surface area contributed by atoms with E-state index >= 15 is 0 Å². The van der Waals surface area contributed by atoms with Crippen LogP contribution in [0.2, 0.25) is 10.0 Å². The van der Waals surface area contributed by atoms with Gasteiger partial charge < -0.3 is 15.6 Å². The minimum Gasteiger partial charge on any atom is -0.489 e. The Morgan fingerprint density at radius 3 is 2.70 bits per heavy atom. The van der Waals surface area contributed by atoms with Gasteiger partial charge in [0.2, 0.25) is 0 Å². The van der Waals surface area contributed by atoms with Gasteiger partial charge in [0.15, 0.2) is 0 Å². The summed E-state index contributed by atoms with van der Waals surface area (Å²) in [5, 5.41) is 14.9. The van der Waals surface area contributed by atoms with E-state index in [1.807, 2.05) is 0 Å². The average molecular weight is 406 g/mol. The first-order valence-corrected chi connectivity index (χ1v) is 9.27. The molecule has 0 radical (unpaired) electrons. The number of benzene rings is 1. The van der Waals surface area contributed by atoms with Crippen LogP contribution < -0.4 is 10.5 Å². The van der Waals surface area contributed by atoms with E-state index in [1.165, 1.54) is 0 Å². The Morgan fingerprint density at radius 1 is 1.26 bits per heavy atom. The van der Waals surface area contributed by atoms with Gasteiger partial charge in [-0.05, 0) is 37.1 Å². The Labute approximate surface area is 165 Å². The van der Waals surface area contributed by atoms with Crippen molar-refractivity contribution < 1.29 is 14.6 Å². The molecule has 3 N–H and O–H groups in total. The molecule has 1 fully saturated rings. The highest BCUT2D eigenvalue weighted by atomic mass is 35.5. The molecule has 0 bridgehead atoms. The van der Waals surface area contributed by atoms with Crippen LogP contribution in [-0.4, -0.2) is 26.7 Å². The lowest BCUT2D eigenvalue weighted by Crippen LogP contribution is -2.33. The van der Waals surface area contributed by atoms with Crippen LogP contribution >= 0.6 is 23.2 Å². The number of carbonyl (C=O) groups is 1. The Bertz CT molecular complexity index is 1030. The van der Waals surface area contributed by atoms with Crippen molar-refractivity contribution in [2.75, 3.05) is 0 Å². The number of aliphatic hydroxyl groups is 1. The molecule has 1 aliphatic rings. The molecule has 0 aliphatic heterocycles. The van der Waals surface area contributed by atoms with E-state index in [4.69, 9.17) is 33.7 Å². The van der Waals surface area contributed by atoms with Crippen molar-refractivity contribution in [3.8, 4) is 5.75 Å². The standard InChI is InChI=1S/C19H17Cl2N3O3/c20-13-4-2-6-15(17(13)21)27-12-7-10(8-12)18-16(19(22)26)14-5-1-3-11(9-25)24(14)23-18/h1-6,10,12,25H,7-9H2,(H2,22,26). The first kappa shape index (κ1) is 18.1. The molecule has 0 unspecified atom stereocenters. The highest BCUT2D eigenvalue weighted by molar-refractivity contribution is 6.42. The zero-order valence-electron chi connectivity index (χ0n) is 14.2. The Morgan fingerprint density at radius 2 is 2.00 bits per heavy atom. The lowest BCUT2D eigenvalue weighted by molar-refractivity contribution is 0.0934. The predicted molar refractivity (Wildman–Crippen MR) is 102 cm³/mol. The molecular formula is C19H17Cl2N3O3. The third-order valence-corrected chi connectivity index (χ3v) is 5.66. The molecule has 27 heavy (non-hydrogen) atoms. The first-order chi connectivity index (χ1) is 13.0. The number of carbonyl (C=O) groups excluding carboxylic acids is 1. The molecule has 1 aliphatic carbocycles. The predicted octanol–water partition coefficient (Wildman–Crippen LogP) is 3.56. The first-order valence-electron chi connectivity index (χ1n) is 8.51. The summed E-state index contributed by atoms with van der Waals surface area (Å²) in [4.78, 5) is 12.0. The Balaban J connectivity index is 1.59. The molecule has 8 heteroatoms. The van der Waals surface area contributed by atoms with Gasteiger partial charge in [-0.3, -0.25) is 4.79 Å². The highest BCUT2D eigenvalue weighted by Gasteiger charge is 2.37. The summed E-state index contributed by atoms with van der Waals surface area (Å²) in [6, 6.07) is 10.6. The number of nitrogens with two attached hydrogens (primary N) is 1. The Kier molecular flexibility index (Phi) is 4.72. The third kappa shape index (κ3) is 3.14. The summed E-state index contributed by atoms with van der Waals surface area (Å²) >= 11 is 12.2. The largest absolute Gasteiger partial charge is 0.489 e. The second kappa shape index (κ2) is 7.03. The maximum absolute atomic E-state index is 12.0. The summed E-state index contributed by atoms with van der Waals surface area (Å²) < 4.78 is 7.51. The van der Waals surface area contributed by atoms with Gasteiger partial charge >= 0.3 is 0 Å². The fraction of sp³-hybridized carbons (Fsp3) is 0.263. The third-order valence-electron chi connectivity index (χ3n) is 4.86. The number of aliphatic hydroxyl groups excluding tert-OH is 1. The van der Waals surface area contributed by atoms with E-state index in [2.05, 4.69) is 5.10 Å². The molecule has 3 aromatic rings. The number of primary amides is 1. The van der Waals surface area contributed by atoms with E-state index in [0.717, 1.165) is 0 Å². The molecule has 0 spiro atoms. The summed E-state index contributed by atoms with van der Waals surface area (Å²) in [5.74, 6) is 0.0551. The summed E-state index contributed by atoms with van der Waals surface area (Å²) in [6.07, 6.45) is 1.32. The van der Waals surface area contributed by atoms with Crippen LogP contribution in [-0.2, 0) is 6.61 Å². The molecular weight excluding hydrogens is 389 g/mol. The van der Waals surface area contributed by atoms with Crippen LogP contribution in [0.5, 0.6) is 5.75 Å². The summed E-state index contributed by atoms with van der Waals surface area (Å²) in [7, 11) is 0. The zero-order valence-corrected chi connectivity index (χ0v) is 15.7. The lowest BCUT2D eigenvalue weighted by atomic mass is 9.78. The number of ether oxygens (including phenoxy) is 1. The normalized spacial score (nSPS) is 19.1.